The van der Waals surface area contributed by atoms with Crippen molar-refractivity contribution in [3.8, 4) is 11.3 Å². The van der Waals surface area contributed by atoms with E-state index in [9.17, 15) is 9.18 Å². The summed E-state index contributed by atoms with van der Waals surface area (Å²) >= 11 is 0. The molecule has 0 saturated carbocycles. The van der Waals surface area contributed by atoms with Crippen molar-refractivity contribution >= 4 is 16.7 Å². The van der Waals surface area contributed by atoms with Crippen molar-refractivity contribution in [2.24, 2.45) is 0 Å². The highest BCUT2D eigenvalue weighted by Gasteiger charge is 2.28. The summed E-state index contributed by atoms with van der Waals surface area (Å²) < 4.78 is 15.4. The number of hydrogen-bond donors (Lipinski definition) is 0. The van der Waals surface area contributed by atoms with Crippen molar-refractivity contribution in [1.82, 2.24) is 24.7 Å². The normalized spacial score (nSPS) is 16.3. The van der Waals surface area contributed by atoms with Gasteiger partial charge in [-0.1, -0.05) is 0 Å². The van der Waals surface area contributed by atoms with Crippen LogP contribution in [-0.2, 0) is 6.54 Å². The molecule has 150 valence electrons. The first-order valence-electron chi connectivity index (χ1n) is 9.84. The predicted octanol–water partition coefficient (Wildman–Crippen LogP) is 3.06. The van der Waals surface area contributed by atoms with Gasteiger partial charge in [0.15, 0.2) is 0 Å². The van der Waals surface area contributed by atoms with E-state index >= 15 is 0 Å². The van der Waals surface area contributed by atoms with Gasteiger partial charge in [0.2, 0.25) is 0 Å². The predicted molar refractivity (Wildman–Crippen MR) is 112 cm³/mol. The van der Waals surface area contributed by atoms with Gasteiger partial charge in [-0.3, -0.25) is 9.78 Å². The smallest absolute Gasteiger partial charge is 0.266 e. The number of nitrogens with zero attached hydrogens (tertiary/aromatic N) is 6. The zero-order valence-electron chi connectivity index (χ0n) is 16.1. The van der Waals surface area contributed by atoms with Crippen LogP contribution in [0.15, 0.2) is 66.0 Å². The monoisotopic (exact) mass is 402 g/mol. The van der Waals surface area contributed by atoms with E-state index in [2.05, 4.69) is 25.0 Å². The topological polar surface area (TPSA) is 76.8 Å². The van der Waals surface area contributed by atoms with Gasteiger partial charge in [-0.25, -0.2) is 19.0 Å². The fraction of sp³-hybridized carbons (Fsp3) is 0.227. The third-order valence-corrected chi connectivity index (χ3v) is 5.43. The van der Waals surface area contributed by atoms with Crippen LogP contribution in [0.1, 0.15) is 12.8 Å². The Morgan fingerprint density at radius 3 is 2.93 bits per heavy atom. The summed E-state index contributed by atoms with van der Waals surface area (Å²) in [6, 6.07) is 11.5. The van der Waals surface area contributed by atoms with E-state index in [0.29, 0.717) is 29.0 Å². The molecule has 4 heterocycles. The maximum atomic E-state index is 13.9. The molecule has 0 bridgehead atoms. The molecule has 7 nitrogen and oxygen atoms in total. The summed E-state index contributed by atoms with van der Waals surface area (Å²) in [6.45, 7) is 1.21. The third-order valence-electron chi connectivity index (χ3n) is 5.43. The molecule has 0 N–H and O–H groups in total. The zero-order chi connectivity index (χ0) is 20.5. The molecule has 3 aromatic heterocycles. The van der Waals surface area contributed by atoms with Crippen LogP contribution < -0.4 is 10.5 Å². The van der Waals surface area contributed by atoms with Crippen molar-refractivity contribution in [1.29, 1.82) is 0 Å². The zero-order valence-corrected chi connectivity index (χ0v) is 16.1. The number of halogens is 1. The van der Waals surface area contributed by atoms with Gasteiger partial charge in [0.05, 0.1) is 23.8 Å². The van der Waals surface area contributed by atoms with Gasteiger partial charge in [0, 0.05) is 36.0 Å². The Kier molecular flexibility index (Phi) is 4.66. The quantitative estimate of drug-likeness (QED) is 0.522. The molecule has 0 aliphatic carbocycles. The Balaban J connectivity index is 1.49. The largest absolute Gasteiger partial charge is 0.351 e. The summed E-state index contributed by atoms with van der Waals surface area (Å²) in [7, 11) is 0. The molecule has 1 unspecified atom stereocenters. The molecule has 0 amide bonds. The first-order chi connectivity index (χ1) is 14.7. The van der Waals surface area contributed by atoms with Gasteiger partial charge in [0.25, 0.3) is 5.56 Å². The molecule has 0 radical (unpaired) electrons. The van der Waals surface area contributed by atoms with Crippen LogP contribution in [0, 0.1) is 5.82 Å². The number of hydrogen-bond acceptors (Lipinski definition) is 6. The molecule has 0 spiro atoms. The first-order valence-corrected chi connectivity index (χ1v) is 9.84. The number of aromatic nitrogens is 5. The molecule has 5 rings (SSSR count). The Labute approximate surface area is 171 Å². The van der Waals surface area contributed by atoms with E-state index in [0.717, 1.165) is 24.9 Å². The summed E-state index contributed by atoms with van der Waals surface area (Å²) in [6.07, 6.45) is 6.78. The number of fused-ring (bicyclic) bond motifs is 1. The molecule has 30 heavy (non-hydrogen) atoms. The fourth-order valence-corrected chi connectivity index (χ4v) is 4.00. The van der Waals surface area contributed by atoms with Gasteiger partial charge >= 0.3 is 0 Å². The lowest BCUT2D eigenvalue weighted by Crippen LogP contribution is -2.37. The van der Waals surface area contributed by atoms with Crippen LogP contribution in [0.25, 0.3) is 22.2 Å². The second kappa shape index (κ2) is 7.62. The lowest BCUT2D eigenvalue weighted by molar-refractivity contribution is 0.489. The van der Waals surface area contributed by atoms with Crippen LogP contribution in [0.2, 0.25) is 0 Å². The van der Waals surface area contributed by atoms with Crippen molar-refractivity contribution in [3.05, 3.63) is 77.4 Å². The Morgan fingerprint density at radius 1 is 1.13 bits per heavy atom. The lowest BCUT2D eigenvalue weighted by Gasteiger charge is -2.27. The lowest BCUT2D eigenvalue weighted by atomic mass is 10.2. The minimum Gasteiger partial charge on any atom is -0.351 e. The van der Waals surface area contributed by atoms with Crippen LogP contribution in [0.4, 0.5) is 10.2 Å². The highest BCUT2D eigenvalue weighted by atomic mass is 19.1. The van der Waals surface area contributed by atoms with E-state index in [1.165, 1.54) is 29.2 Å². The van der Waals surface area contributed by atoms with Crippen LogP contribution >= 0.6 is 0 Å². The number of rotatable bonds is 4. The summed E-state index contributed by atoms with van der Waals surface area (Å²) in [5.41, 5.74) is 2.09. The molecule has 1 saturated heterocycles. The van der Waals surface area contributed by atoms with Crippen LogP contribution in [-0.4, -0.2) is 37.3 Å². The molecule has 1 aromatic carbocycles. The van der Waals surface area contributed by atoms with Crippen LogP contribution in [0.5, 0.6) is 0 Å². The maximum Gasteiger partial charge on any atom is 0.266 e. The van der Waals surface area contributed by atoms with Gasteiger partial charge in [-0.05, 0) is 49.2 Å². The van der Waals surface area contributed by atoms with E-state index in [1.807, 2.05) is 12.1 Å². The summed E-state index contributed by atoms with van der Waals surface area (Å²) in [4.78, 5) is 27.4. The third kappa shape index (κ3) is 3.41. The highest BCUT2D eigenvalue weighted by molar-refractivity contribution is 5.89. The minimum atomic E-state index is -0.323. The maximum absolute atomic E-state index is 13.9. The molecule has 8 heteroatoms. The summed E-state index contributed by atoms with van der Waals surface area (Å²) in [5, 5.41) is 5.23. The number of pyridine rings is 1. The number of anilines is 1. The average Bonchev–Trinajstić information content (AvgIpc) is 3.23. The Bertz CT molecular complexity index is 1260. The first kappa shape index (κ1) is 18.4. The molecule has 1 aliphatic heterocycles. The van der Waals surface area contributed by atoms with E-state index in [1.54, 1.807) is 24.5 Å². The summed E-state index contributed by atoms with van der Waals surface area (Å²) in [5.74, 6) is 0.370. The van der Waals surface area contributed by atoms with Gasteiger partial charge < -0.3 is 4.90 Å². The fourth-order valence-electron chi connectivity index (χ4n) is 4.00. The standard InChI is InChI=1S/C22H19FN6O/c23-16-5-6-20-18(11-16)22(26-14-25-20)28-10-2-4-17(28)13-29-21(30)8-7-19(27-29)15-3-1-9-24-12-15/h1,3,5-9,11-12,14,17H,2,4,10,13H2. The molecule has 1 aliphatic rings. The van der Waals surface area contributed by atoms with E-state index in [4.69, 9.17) is 0 Å². The van der Waals surface area contributed by atoms with E-state index < -0.39 is 0 Å². The molecular formula is C22H19FN6O. The molecule has 1 atom stereocenters. The Morgan fingerprint density at radius 2 is 2.07 bits per heavy atom. The van der Waals surface area contributed by atoms with Crippen molar-refractivity contribution < 1.29 is 4.39 Å². The van der Waals surface area contributed by atoms with Crippen molar-refractivity contribution in [2.45, 2.75) is 25.4 Å². The van der Waals surface area contributed by atoms with E-state index in [-0.39, 0.29) is 17.4 Å². The second-order valence-corrected chi connectivity index (χ2v) is 7.33. The SMILES string of the molecule is O=c1ccc(-c2cccnc2)nn1CC1CCCN1c1ncnc2ccc(F)cc12. The second-order valence-electron chi connectivity index (χ2n) is 7.33. The molecule has 1 fully saturated rings. The van der Waals surface area contributed by atoms with Crippen molar-refractivity contribution in [3.63, 3.8) is 0 Å². The van der Waals surface area contributed by atoms with Gasteiger partial charge in [-0.15, -0.1) is 0 Å². The molecular weight excluding hydrogens is 383 g/mol. The minimum absolute atomic E-state index is 0.0284. The number of benzene rings is 1. The van der Waals surface area contributed by atoms with Gasteiger partial charge in [-0.2, -0.15) is 5.10 Å². The highest BCUT2D eigenvalue weighted by Crippen LogP contribution is 2.30. The average molecular weight is 402 g/mol. The van der Waals surface area contributed by atoms with Crippen molar-refractivity contribution in [2.75, 3.05) is 11.4 Å². The Hall–Kier alpha value is -3.68. The molecule has 4 aromatic rings. The van der Waals surface area contributed by atoms with Gasteiger partial charge in [0.1, 0.15) is 18.0 Å². The van der Waals surface area contributed by atoms with Crippen LogP contribution in [0.3, 0.4) is 0 Å².